The number of nitrogens with zero attached hydrogens (tertiary/aromatic N) is 2. The highest BCUT2D eigenvalue weighted by atomic mass is 19.4. The van der Waals surface area contributed by atoms with Gasteiger partial charge in [0.05, 0.1) is 23.2 Å². The second-order valence-electron chi connectivity index (χ2n) is 5.73. The Labute approximate surface area is 134 Å². The Morgan fingerprint density at radius 1 is 1.21 bits per heavy atom. The largest absolute Gasteiger partial charge is 0.417 e. The molecule has 3 atom stereocenters. The third-order valence-electron chi connectivity index (χ3n) is 4.14. The average Bonchev–Trinajstić information content (AvgIpc) is 2.85. The van der Waals surface area contributed by atoms with Crippen LogP contribution in [0.5, 0.6) is 0 Å². The monoisotopic (exact) mass is 352 g/mol. The number of nitriles is 1. The van der Waals surface area contributed by atoms with Gasteiger partial charge >= 0.3 is 12.4 Å². The van der Waals surface area contributed by atoms with Crippen LogP contribution >= 0.6 is 0 Å². The van der Waals surface area contributed by atoms with Gasteiger partial charge in [0, 0.05) is 11.7 Å². The van der Waals surface area contributed by atoms with Gasteiger partial charge in [-0.3, -0.25) is 0 Å². The van der Waals surface area contributed by atoms with Gasteiger partial charge < -0.3 is 10.0 Å². The fourth-order valence-corrected chi connectivity index (χ4v) is 3.02. The van der Waals surface area contributed by atoms with Crippen LogP contribution in [0.3, 0.4) is 0 Å². The van der Waals surface area contributed by atoms with Gasteiger partial charge in [0.1, 0.15) is 0 Å². The Bertz CT molecular complexity index is 649. The normalized spacial score (nSPS) is 23.2. The van der Waals surface area contributed by atoms with Gasteiger partial charge in [0.15, 0.2) is 6.10 Å². The first kappa shape index (κ1) is 18.4. The summed E-state index contributed by atoms with van der Waals surface area (Å²) in [5.74, 6) is 0. The summed E-state index contributed by atoms with van der Waals surface area (Å²) in [6, 6.07) is 2.35. The van der Waals surface area contributed by atoms with Gasteiger partial charge in [-0.1, -0.05) is 0 Å². The summed E-state index contributed by atoms with van der Waals surface area (Å²) < 4.78 is 77.6. The Morgan fingerprint density at radius 2 is 1.83 bits per heavy atom. The number of alkyl halides is 6. The molecule has 1 aliphatic heterocycles. The van der Waals surface area contributed by atoms with Crippen LogP contribution < -0.4 is 4.90 Å². The van der Waals surface area contributed by atoms with Crippen molar-refractivity contribution in [3.63, 3.8) is 0 Å². The number of anilines is 1. The van der Waals surface area contributed by atoms with Crippen LogP contribution in [0.1, 0.15) is 30.9 Å². The van der Waals surface area contributed by atoms with Crippen LogP contribution in [-0.2, 0) is 6.18 Å². The van der Waals surface area contributed by atoms with Crippen molar-refractivity contribution < 1.29 is 31.4 Å². The Morgan fingerprint density at radius 3 is 2.33 bits per heavy atom. The molecule has 2 unspecified atom stereocenters. The summed E-state index contributed by atoms with van der Waals surface area (Å²) in [5.41, 5.74) is -1.91. The summed E-state index contributed by atoms with van der Waals surface area (Å²) in [6.07, 6.45) is -12.0. The molecule has 0 aromatic heterocycles. The first-order valence-corrected chi connectivity index (χ1v) is 7.11. The van der Waals surface area contributed by atoms with E-state index in [1.165, 1.54) is 12.1 Å². The van der Waals surface area contributed by atoms with Crippen molar-refractivity contribution in [2.24, 2.45) is 0 Å². The molecule has 0 amide bonds. The first-order valence-electron chi connectivity index (χ1n) is 7.11. The van der Waals surface area contributed by atoms with Gasteiger partial charge in [0.2, 0.25) is 0 Å². The molecule has 1 aliphatic rings. The smallest absolute Gasteiger partial charge is 0.382 e. The maximum Gasteiger partial charge on any atom is 0.417 e. The Hall–Kier alpha value is -1.95. The third kappa shape index (κ3) is 3.43. The van der Waals surface area contributed by atoms with Crippen molar-refractivity contribution in [2.45, 2.75) is 50.3 Å². The minimum atomic E-state index is -4.87. The van der Waals surface area contributed by atoms with Crippen LogP contribution in [0.4, 0.5) is 32.0 Å². The van der Waals surface area contributed by atoms with Crippen LogP contribution in [0.15, 0.2) is 18.2 Å². The van der Waals surface area contributed by atoms with Gasteiger partial charge in [-0.05, 0) is 38.0 Å². The number of hydrogen-bond donors (Lipinski definition) is 1. The Kier molecular flexibility index (Phi) is 4.72. The number of aliphatic hydroxyl groups is 1. The molecule has 1 aromatic carbocycles. The molecule has 1 N–H and O–H groups in total. The predicted molar refractivity (Wildman–Crippen MR) is 73.2 cm³/mol. The minimum Gasteiger partial charge on any atom is -0.382 e. The van der Waals surface area contributed by atoms with E-state index in [2.05, 4.69) is 0 Å². The topological polar surface area (TPSA) is 47.3 Å². The summed E-state index contributed by atoms with van der Waals surface area (Å²) in [6.45, 7) is 1.58. The SMILES string of the molecule is CC1CCC([C@@H](O)C(F)(F)F)N1c1ccc(C#N)c(C(F)(F)F)c1. The second-order valence-corrected chi connectivity index (χ2v) is 5.73. The molecule has 9 heteroatoms. The molecular weight excluding hydrogens is 338 g/mol. The lowest BCUT2D eigenvalue weighted by molar-refractivity contribution is -0.209. The molecule has 24 heavy (non-hydrogen) atoms. The molecule has 1 saturated heterocycles. The van der Waals surface area contributed by atoms with E-state index in [0.717, 1.165) is 11.0 Å². The van der Waals surface area contributed by atoms with Gasteiger partial charge in [0.25, 0.3) is 0 Å². The number of hydrogen-bond acceptors (Lipinski definition) is 3. The fraction of sp³-hybridized carbons (Fsp3) is 0.533. The van der Waals surface area contributed by atoms with E-state index in [1.807, 2.05) is 0 Å². The lowest BCUT2D eigenvalue weighted by atomic mass is 10.0. The number of halogens is 6. The third-order valence-corrected chi connectivity index (χ3v) is 4.14. The number of benzene rings is 1. The molecular formula is C15H14F6N2O. The van der Waals surface area contributed by atoms with Crippen molar-refractivity contribution >= 4 is 5.69 Å². The second kappa shape index (κ2) is 6.16. The van der Waals surface area contributed by atoms with E-state index in [0.29, 0.717) is 12.5 Å². The zero-order chi connectivity index (χ0) is 18.3. The highest BCUT2D eigenvalue weighted by molar-refractivity contribution is 5.57. The fourth-order valence-electron chi connectivity index (χ4n) is 3.02. The lowest BCUT2D eigenvalue weighted by Gasteiger charge is -2.34. The first-order chi connectivity index (χ1) is 11.0. The van der Waals surface area contributed by atoms with Crippen molar-refractivity contribution in [3.8, 4) is 6.07 Å². The van der Waals surface area contributed by atoms with Crippen LogP contribution in [0.25, 0.3) is 0 Å². The van der Waals surface area contributed by atoms with Crippen molar-refractivity contribution in [2.75, 3.05) is 4.90 Å². The van der Waals surface area contributed by atoms with E-state index in [4.69, 9.17) is 5.26 Å². The summed E-state index contributed by atoms with van der Waals surface area (Å²) in [5, 5.41) is 18.3. The van der Waals surface area contributed by atoms with Gasteiger partial charge in [-0.2, -0.15) is 31.6 Å². The van der Waals surface area contributed by atoms with Crippen LogP contribution in [0, 0.1) is 11.3 Å². The van der Waals surface area contributed by atoms with Crippen molar-refractivity contribution in [1.82, 2.24) is 0 Å². The molecule has 0 radical (unpaired) electrons. The van der Waals surface area contributed by atoms with Gasteiger partial charge in [-0.15, -0.1) is 0 Å². The maximum absolute atomic E-state index is 13.0. The van der Waals surface area contributed by atoms with Crippen molar-refractivity contribution in [3.05, 3.63) is 29.3 Å². The molecule has 3 nitrogen and oxygen atoms in total. The highest BCUT2D eigenvalue weighted by Crippen LogP contribution is 2.40. The van der Waals surface area contributed by atoms with Gasteiger partial charge in [-0.25, -0.2) is 0 Å². The minimum absolute atomic E-state index is 0.00317. The molecule has 1 aromatic rings. The Balaban J connectivity index is 2.47. The molecule has 1 fully saturated rings. The number of aliphatic hydroxyl groups excluding tert-OH is 1. The van der Waals surface area contributed by atoms with Crippen molar-refractivity contribution in [1.29, 1.82) is 5.26 Å². The molecule has 0 bridgehead atoms. The molecule has 0 spiro atoms. The van der Waals surface area contributed by atoms with Crippen LogP contribution in [0.2, 0.25) is 0 Å². The number of rotatable bonds is 2. The van der Waals surface area contributed by atoms with E-state index in [-0.39, 0.29) is 12.1 Å². The molecule has 0 aliphatic carbocycles. The summed E-state index contributed by atoms with van der Waals surface area (Å²) in [7, 11) is 0. The van der Waals surface area contributed by atoms with E-state index < -0.39 is 41.7 Å². The zero-order valence-electron chi connectivity index (χ0n) is 12.5. The summed E-state index contributed by atoms with van der Waals surface area (Å²) >= 11 is 0. The lowest BCUT2D eigenvalue weighted by Crippen LogP contribution is -2.48. The zero-order valence-corrected chi connectivity index (χ0v) is 12.5. The average molecular weight is 352 g/mol. The predicted octanol–water partition coefficient (Wildman–Crippen LogP) is 3.86. The molecule has 2 rings (SSSR count). The van der Waals surface area contributed by atoms with E-state index in [9.17, 15) is 31.4 Å². The molecule has 1 heterocycles. The van der Waals surface area contributed by atoms with E-state index >= 15 is 0 Å². The molecule has 0 saturated carbocycles. The summed E-state index contributed by atoms with van der Waals surface area (Å²) in [4.78, 5) is 1.15. The maximum atomic E-state index is 13.0. The quantitative estimate of drug-likeness (QED) is 0.823. The molecule has 132 valence electrons. The van der Waals surface area contributed by atoms with Crippen LogP contribution in [-0.4, -0.2) is 29.5 Å². The highest BCUT2D eigenvalue weighted by Gasteiger charge is 2.49. The van der Waals surface area contributed by atoms with E-state index in [1.54, 1.807) is 6.92 Å². The standard InChI is InChI=1S/C15H14F6N2O/c1-8-2-5-12(13(24)15(19,20)21)23(8)10-4-3-9(7-22)11(6-10)14(16,17)18/h3-4,6,8,12-13,24H,2,5H2,1H3/t8?,12?,13-/m1/s1.